The molecule has 1 atom stereocenters. The van der Waals surface area contributed by atoms with Crippen LogP contribution in [0.4, 0.5) is 4.39 Å². The molecule has 1 saturated heterocycles. The summed E-state index contributed by atoms with van der Waals surface area (Å²) >= 11 is 11.8. The van der Waals surface area contributed by atoms with Crippen molar-refractivity contribution < 1.29 is 9.13 Å². The van der Waals surface area contributed by atoms with E-state index in [0.717, 1.165) is 38.2 Å². The van der Waals surface area contributed by atoms with Crippen LogP contribution in [0.25, 0.3) is 0 Å². The molecule has 0 aliphatic carbocycles. The monoisotopic (exact) mass is 305 g/mol. The molecule has 1 aromatic rings. The van der Waals surface area contributed by atoms with Gasteiger partial charge in [0, 0.05) is 24.3 Å². The van der Waals surface area contributed by atoms with Crippen molar-refractivity contribution in [1.29, 1.82) is 0 Å². The molecule has 1 aliphatic heterocycles. The first kappa shape index (κ1) is 15.0. The van der Waals surface area contributed by atoms with E-state index in [-0.39, 0.29) is 11.1 Å². The van der Waals surface area contributed by atoms with Gasteiger partial charge in [-0.05, 0) is 49.9 Å². The Hall–Kier alpha value is -0.350. The van der Waals surface area contributed by atoms with Crippen LogP contribution in [-0.4, -0.2) is 19.8 Å². The highest BCUT2D eigenvalue weighted by atomic mass is 35.5. The largest absolute Gasteiger partial charge is 0.381 e. The average Bonchev–Trinajstić information content (AvgIpc) is 2.41. The predicted molar refractivity (Wildman–Crippen MR) is 76.4 cm³/mol. The SMILES string of the molecule is CC(NCC1CCOCC1)c1cc(F)c(Cl)cc1Cl. The van der Waals surface area contributed by atoms with Crippen molar-refractivity contribution in [1.82, 2.24) is 5.32 Å². The molecule has 5 heteroatoms. The lowest BCUT2D eigenvalue weighted by Crippen LogP contribution is -2.29. The quantitative estimate of drug-likeness (QED) is 0.841. The van der Waals surface area contributed by atoms with Crippen molar-refractivity contribution in [3.8, 4) is 0 Å². The molecular weight excluding hydrogens is 288 g/mol. The lowest BCUT2D eigenvalue weighted by Gasteiger charge is -2.24. The van der Waals surface area contributed by atoms with E-state index in [1.54, 1.807) is 0 Å². The predicted octanol–water partition coefficient (Wildman–Crippen LogP) is 4.21. The summed E-state index contributed by atoms with van der Waals surface area (Å²) < 4.78 is 18.8. The van der Waals surface area contributed by atoms with E-state index in [1.165, 1.54) is 12.1 Å². The summed E-state index contributed by atoms with van der Waals surface area (Å²) in [6.07, 6.45) is 2.14. The maximum absolute atomic E-state index is 13.5. The second-order valence-electron chi connectivity index (χ2n) is 4.97. The number of nitrogens with one attached hydrogen (secondary N) is 1. The number of benzene rings is 1. The topological polar surface area (TPSA) is 21.3 Å². The highest BCUT2D eigenvalue weighted by Crippen LogP contribution is 2.28. The van der Waals surface area contributed by atoms with Gasteiger partial charge in [-0.3, -0.25) is 0 Å². The van der Waals surface area contributed by atoms with Crippen LogP contribution in [-0.2, 0) is 4.74 Å². The zero-order chi connectivity index (χ0) is 13.8. The molecule has 19 heavy (non-hydrogen) atoms. The summed E-state index contributed by atoms with van der Waals surface area (Å²) in [7, 11) is 0. The summed E-state index contributed by atoms with van der Waals surface area (Å²) in [6, 6.07) is 2.87. The van der Waals surface area contributed by atoms with Gasteiger partial charge in [0.05, 0.1) is 5.02 Å². The molecule has 106 valence electrons. The third-order valence-corrected chi connectivity index (χ3v) is 4.18. The van der Waals surface area contributed by atoms with Crippen molar-refractivity contribution in [2.45, 2.75) is 25.8 Å². The Labute approximate surface area is 123 Å². The second kappa shape index (κ2) is 6.89. The first-order valence-electron chi connectivity index (χ1n) is 6.53. The van der Waals surface area contributed by atoms with Gasteiger partial charge >= 0.3 is 0 Å². The third kappa shape index (κ3) is 4.06. The molecule has 2 rings (SSSR count). The van der Waals surface area contributed by atoms with Crippen LogP contribution in [0.5, 0.6) is 0 Å². The minimum atomic E-state index is -0.430. The zero-order valence-corrected chi connectivity index (χ0v) is 12.4. The lowest BCUT2D eigenvalue weighted by molar-refractivity contribution is 0.0656. The maximum Gasteiger partial charge on any atom is 0.142 e. The van der Waals surface area contributed by atoms with Gasteiger partial charge in [0.15, 0.2) is 0 Å². The Morgan fingerprint density at radius 1 is 1.32 bits per heavy atom. The highest BCUT2D eigenvalue weighted by Gasteiger charge is 2.17. The van der Waals surface area contributed by atoms with Gasteiger partial charge in [-0.2, -0.15) is 0 Å². The van der Waals surface area contributed by atoms with E-state index in [1.807, 2.05) is 6.92 Å². The molecule has 0 bridgehead atoms. The van der Waals surface area contributed by atoms with Crippen molar-refractivity contribution in [2.75, 3.05) is 19.8 Å². The smallest absolute Gasteiger partial charge is 0.142 e. The van der Waals surface area contributed by atoms with Crippen LogP contribution in [0.1, 0.15) is 31.4 Å². The number of halogens is 3. The normalized spacial score (nSPS) is 18.5. The molecule has 0 aromatic heterocycles. The number of hydrogen-bond acceptors (Lipinski definition) is 2. The molecule has 1 aromatic carbocycles. The van der Waals surface area contributed by atoms with Gasteiger partial charge in [-0.25, -0.2) is 4.39 Å². The van der Waals surface area contributed by atoms with Crippen LogP contribution in [0, 0.1) is 11.7 Å². The highest BCUT2D eigenvalue weighted by molar-refractivity contribution is 6.35. The van der Waals surface area contributed by atoms with Gasteiger partial charge in [0.1, 0.15) is 5.82 Å². The molecule has 1 N–H and O–H groups in total. The maximum atomic E-state index is 13.5. The molecule has 0 amide bonds. The Kier molecular flexibility index (Phi) is 5.46. The molecule has 1 fully saturated rings. The second-order valence-corrected chi connectivity index (χ2v) is 5.79. The minimum Gasteiger partial charge on any atom is -0.381 e. The summed E-state index contributed by atoms with van der Waals surface area (Å²) in [5.74, 6) is 0.188. The molecule has 0 saturated carbocycles. The minimum absolute atomic E-state index is 0.00196. The van der Waals surface area contributed by atoms with Crippen molar-refractivity contribution in [3.63, 3.8) is 0 Å². The summed E-state index contributed by atoms with van der Waals surface area (Å²) in [5.41, 5.74) is 0.746. The van der Waals surface area contributed by atoms with Gasteiger partial charge in [0.25, 0.3) is 0 Å². The Morgan fingerprint density at radius 3 is 2.68 bits per heavy atom. The zero-order valence-electron chi connectivity index (χ0n) is 10.9. The third-order valence-electron chi connectivity index (χ3n) is 3.56. The Morgan fingerprint density at radius 2 is 2.00 bits per heavy atom. The number of rotatable bonds is 4. The standard InChI is InChI=1S/C14H18Cl2FNO/c1-9(18-8-10-2-4-19-5-3-10)11-6-14(17)13(16)7-12(11)15/h6-7,9-10,18H,2-5,8H2,1H3. The van der Waals surface area contributed by atoms with E-state index < -0.39 is 5.82 Å². The average molecular weight is 306 g/mol. The lowest BCUT2D eigenvalue weighted by atomic mass is 9.99. The van der Waals surface area contributed by atoms with Gasteiger partial charge < -0.3 is 10.1 Å². The van der Waals surface area contributed by atoms with E-state index in [0.29, 0.717) is 10.9 Å². The van der Waals surface area contributed by atoms with Crippen LogP contribution < -0.4 is 5.32 Å². The molecule has 0 radical (unpaired) electrons. The first-order valence-corrected chi connectivity index (χ1v) is 7.29. The molecule has 1 unspecified atom stereocenters. The Balaban J connectivity index is 1.95. The van der Waals surface area contributed by atoms with E-state index in [9.17, 15) is 4.39 Å². The van der Waals surface area contributed by atoms with Crippen LogP contribution in [0.2, 0.25) is 10.0 Å². The molecule has 1 heterocycles. The summed E-state index contributed by atoms with van der Waals surface area (Å²) in [6.45, 7) is 4.53. The van der Waals surface area contributed by atoms with E-state index >= 15 is 0 Å². The van der Waals surface area contributed by atoms with Gasteiger partial charge in [0.2, 0.25) is 0 Å². The van der Waals surface area contributed by atoms with Crippen LogP contribution >= 0.6 is 23.2 Å². The van der Waals surface area contributed by atoms with Crippen molar-refractivity contribution in [2.24, 2.45) is 5.92 Å². The van der Waals surface area contributed by atoms with Crippen molar-refractivity contribution in [3.05, 3.63) is 33.6 Å². The molecule has 0 spiro atoms. The van der Waals surface area contributed by atoms with Crippen molar-refractivity contribution >= 4 is 23.2 Å². The fraction of sp³-hybridized carbons (Fsp3) is 0.571. The summed E-state index contributed by atoms with van der Waals surface area (Å²) in [5, 5.41) is 3.97. The summed E-state index contributed by atoms with van der Waals surface area (Å²) in [4.78, 5) is 0. The van der Waals surface area contributed by atoms with Crippen LogP contribution in [0.3, 0.4) is 0 Å². The van der Waals surface area contributed by atoms with E-state index in [4.69, 9.17) is 27.9 Å². The van der Waals surface area contributed by atoms with Gasteiger partial charge in [-0.15, -0.1) is 0 Å². The number of hydrogen-bond donors (Lipinski definition) is 1. The number of ether oxygens (including phenoxy) is 1. The first-order chi connectivity index (χ1) is 9.08. The molecule has 1 aliphatic rings. The van der Waals surface area contributed by atoms with E-state index in [2.05, 4.69) is 5.32 Å². The Bertz CT molecular complexity index is 436. The fourth-order valence-electron chi connectivity index (χ4n) is 2.27. The van der Waals surface area contributed by atoms with Gasteiger partial charge in [-0.1, -0.05) is 23.2 Å². The molecular formula is C14H18Cl2FNO. The van der Waals surface area contributed by atoms with Crippen LogP contribution in [0.15, 0.2) is 12.1 Å². The fourth-order valence-corrected chi connectivity index (χ4v) is 2.82. The molecule has 2 nitrogen and oxygen atoms in total.